The van der Waals surface area contributed by atoms with E-state index in [-0.39, 0.29) is 16.3 Å². The lowest BCUT2D eigenvalue weighted by molar-refractivity contribution is -0.137. The average molecular weight is 391 g/mol. The first-order valence-corrected chi connectivity index (χ1v) is 8.00. The molecule has 0 spiro atoms. The first kappa shape index (κ1) is 23.9. The fourth-order valence-electron chi connectivity index (χ4n) is 1.27. The van der Waals surface area contributed by atoms with Gasteiger partial charge in [0.2, 0.25) is 11.1 Å². The molecule has 1 N–H and O–H groups in total. The van der Waals surface area contributed by atoms with E-state index in [0.29, 0.717) is 0 Å². The summed E-state index contributed by atoms with van der Waals surface area (Å²) in [5.74, 6) is -0.398. The summed E-state index contributed by atoms with van der Waals surface area (Å²) in [5.41, 5.74) is -2.59. The van der Waals surface area contributed by atoms with Crippen LogP contribution < -0.4 is 5.32 Å². The van der Waals surface area contributed by atoms with Gasteiger partial charge in [-0.2, -0.15) is 18.4 Å². The molecule has 4 nitrogen and oxygen atoms in total. The fraction of sp³-hybridized carbons (Fsp3) is 0.500. The van der Waals surface area contributed by atoms with Crippen LogP contribution in [0.5, 0.6) is 0 Å². The predicted molar refractivity (Wildman–Crippen MR) is 94.6 cm³/mol. The predicted octanol–water partition coefficient (Wildman–Crippen LogP) is 5.36. The van der Waals surface area contributed by atoms with Crippen LogP contribution in [0.4, 0.5) is 18.9 Å². The van der Waals surface area contributed by atoms with Crippen molar-refractivity contribution in [2.24, 2.45) is 10.8 Å². The Balaban J connectivity index is 0.000000758. The molecule has 1 amide bonds. The number of nitriles is 1. The Morgan fingerprint density at radius 3 is 1.81 bits per heavy atom. The van der Waals surface area contributed by atoms with Crippen LogP contribution >= 0.6 is 11.6 Å². The molecular weight excluding hydrogens is 369 g/mol. The molecule has 26 heavy (non-hydrogen) atoms. The monoisotopic (exact) mass is 390 g/mol. The zero-order valence-electron chi connectivity index (χ0n) is 15.5. The minimum atomic E-state index is -4.63. The van der Waals surface area contributed by atoms with Gasteiger partial charge < -0.3 is 5.32 Å². The molecule has 0 aliphatic carbocycles. The first-order chi connectivity index (χ1) is 11.5. The van der Waals surface area contributed by atoms with Gasteiger partial charge in [0.25, 0.3) is 0 Å². The molecule has 8 heteroatoms. The van der Waals surface area contributed by atoms with Crippen molar-refractivity contribution >= 4 is 28.4 Å². The second kappa shape index (κ2) is 8.54. The van der Waals surface area contributed by atoms with E-state index in [1.807, 2.05) is 0 Å². The van der Waals surface area contributed by atoms with Gasteiger partial charge in [0, 0.05) is 16.5 Å². The highest BCUT2D eigenvalue weighted by Crippen LogP contribution is 2.33. The first-order valence-electron chi connectivity index (χ1n) is 7.63. The molecule has 0 bridgehead atoms. The van der Waals surface area contributed by atoms with Crippen molar-refractivity contribution in [1.82, 2.24) is 0 Å². The highest BCUT2D eigenvalue weighted by Gasteiger charge is 2.34. The van der Waals surface area contributed by atoms with Crippen molar-refractivity contribution in [2.75, 3.05) is 5.32 Å². The summed E-state index contributed by atoms with van der Waals surface area (Å²) < 4.78 is 38.2. The summed E-state index contributed by atoms with van der Waals surface area (Å²) in [6.07, 6.45) is -4.63. The Labute approximate surface area is 156 Å². The van der Waals surface area contributed by atoms with Gasteiger partial charge in [0.05, 0.1) is 17.2 Å². The number of hydrogen-bond donors (Lipinski definition) is 1. The minimum Gasteiger partial charge on any atom is -0.326 e. The molecule has 0 aliphatic rings. The summed E-state index contributed by atoms with van der Waals surface area (Å²) in [6.45, 7) is 10.3. The van der Waals surface area contributed by atoms with Gasteiger partial charge in [-0.1, -0.05) is 41.5 Å². The number of hydrogen-bond acceptors (Lipinski definition) is 3. The molecule has 0 radical (unpaired) electrons. The zero-order chi connectivity index (χ0) is 20.9. The normalized spacial score (nSPS) is 11.7. The van der Waals surface area contributed by atoms with Gasteiger partial charge in [-0.15, -0.1) is 0 Å². The van der Waals surface area contributed by atoms with E-state index in [1.54, 1.807) is 41.5 Å². The van der Waals surface area contributed by atoms with Crippen molar-refractivity contribution in [3.63, 3.8) is 0 Å². The van der Waals surface area contributed by atoms with Crippen molar-refractivity contribution in [3.05, 3.63) is 29.3 Å². The van der Waals surface area contributed by atoms with Crippen LogP contribution in [0.25, 0.3) is 0 Å². The third-order valence-corrected chi connectivity index (χ3v) is 3.54. The van der Waals surface area contributed by atoms with Gasteiger partial charge in [0.1, 0.15) is 0 Å². The summed E-state index contributed by atoms with van der Waals surface area (Å²) in [6, 6.07) is 4.56. The summed E-state index contributed by atoms with van der Waals surface area (Å²) in [4.78, 5) is 21.9. The number of benzene rings is 1. The van der Waals surface area contributed by atoms with Gasteiger partial charge in [0.15, 0.2) is 0 Å². The molecule has 0 aliphatic heterocycles. The van der Waals surface area contributed by atoms with E-state index in [4.69, 9.17) is 16.9 Å². The number of carbonyl (C=O) groups is 2. The maximum atomic E-state index is 12.7. The van der Waals surface area contributed by atoms with Crippen LogP contribution in [0.2, 0.25) is 0 Å². The summed E-state index contributed by atoms with van der Waals surface area (Å²) in [5, 5.41) is 10.8. The maximum Gasteiger partial charge on any atom is 0.417 e. The minimum absolute atomic E-state index is 0.0197. The number of amides is 1. The number of alkyl halides is 3. The van der Waals surface area contributed by atoms with Crippen molar-refractivity contribution < 1.29 is 22.8 Å². The van der Waals surface area contributed by atoms with E-state index in [0.717, 1.165) is 12.1 Å². The molecule has 1 rings (SSSR count). The Bertz CT molecular complexity index is 709. The van der Waals surface area contributed by atoms with Gasteiger partial charge in [-0.05, 0) is 29.8 Å². The number of halogens is 4. The molecule has 0 fully saturated rings. The average Bonchev–Trinajstić information content (AvgIpc) is 2.44. The van der Waals surface area contributed by atoms with E-state index in [2.05, 4.69) is 5.32 Å². The SMILES string of the molecule is CC(C)(C)C(=O)Cl.CC(C)(C)C(=O)Nc1ccc(C#N)c(C(F)(F)F)c1. The Hall–Kier alpha value is -2.07. The number of anilines is 1. The van der Waals surface area contributed by atoms with Crippen LogP contribution in [-0.2, 0) is 15.8 Å². The molecule has 0 saturated heterocycles. The molecule has 0 aromatic heterocycles. The van der Waals surface area contributed by atoms with Gasteiger partial charge in [-0.3, -0.25) is 9.59 Å². The Morgan fingerprint density at radius 1 is 1.04 bits per heavy atom. The van der Waals surface area contributed by atoms with E-state index in [1.165, 1.54) is 12.1 Å². The molecule has 144 valence electrons. The number of nitrogens with one attached hydrogen (secondary N) is 1. The highest BCUT2D eigenvalue weighted by atomic mass is 35.5. The Morgan fingerprint density at radius 2 is 1.50 bits per heavy atom. The summed E-state index contributed by atoms with van der Waals surface area (Å²) >= 11 is 5.11. The largest absolute Gasteiger partial charge is 0.417 e. The lowest BCUT2D eigenvalue weighted by atomic mass is 9.95. The van der Waals surface area contributed by atoms with Crippen LogP contribution in [0.1, 0.15) is 52.7 Å². The molecule has 0 saturated carbocycles. The fourth-order valence-corrected chi connectivity index (χ4v) is 1.27. The molecular formula is C18H22ClF3N2O2. The van der Waals surface area contributed by atoms with Crippen LogP contribution in [0, 0.1) is 22.2 Å². The van der Waals surface area contributed by atoms with Crippen LogP contribution in [-0.4, -0.2) is 11.1 Å². The van der Waals surface area contributed by atoms with E-state index >= 15 is 0 Å². The van der Waals surface area contributed by atoms with E-state index in [9.17, 15) is 22.8 Å². The van der Waals surface area contributed by atoms with Crippen LogP contribution in [0.3, 0.4) is 0 Å². The number of rotatable bonds is 1. The van der Waals surface area contributed by atoms with Crippen molar-refractivity contribution in [2.45, 2.75) is 47.7 Å². The Kier molecular flexibility index (Phi) is 7.86. The second-order valence-corrected chi connectivity index (χ2v) is 7.94. The second-order valence-electron chi connectivity index (χ2n) is 7.60. The van der Waals surface area contributed by atoms with Crippen LogP contribution in [0.15, 0.2) is 18.2 Å². The molecule has 1 aromatic rings. The lowest BCUT2D eigenvalue weighted by Gasteiger charge is -2.18. The number of carbonyl (C=O) groups excluding carboxylic acids is 2. The highest BCUT2D eigenvalue weighted by molar-refractivity contribution is 6.64. The summed E-state index contributed by atoms with van der Waals surface area (Å²) in [7, 11) is 0. The number of nitrogens with zero attached hydrogens (tertiary/aromatic N) is 1. The molecule has 0 atom stereocenters. The standard InChI is InChI=1S/C13H13F3N2O.C5H9ClO/c1-12(2,3)11(19)18-9-5-4-8(7-17)10(6-9)13(14,15)16;1-5(2,3)4(6)7/h4-6H,1-3H3,(H,18,19);1-3H3. The van der Waals surface area contributed by atoms with E-state index < -0.39 is 28.6 Å². The molecule has 0 unspecified atom stereocenters. The molecule has 1 aromatic carbocycles. The maximum absolute atomic E-state index is 12.7. The third-order valence-electron chi connectivity index (χ3n) is 2.97. The quantitative estimate of drug-likeness (QED) is 0.656. The van der Waals surface area contributed by atoms with Gasteiger partial charge >= 0.3 is 6.18 Å². The van der Waals surface area contributed by atoms with Crippen molar-refractivity contribution in [3.8, 4) is 6.07 Å². The topological polar surface area (TPSA) is 70.0 Å². The smallest absolute Gasteiger partial charge is 0.326 e. The third kappa shape index (κ3) is 7.87. The van der Waals surface area contributed by atoms with Crippen molar-refractivity contribution in [1.29, 1.82) is 5.26 Å². The lowest BCUT2D eigenvalue weighted by Crippen LogP contribution is -2.27. The molecule has 0 heterocycles. The zero-order valence-corrected chi connectivity index (χ0v) is 16.3. The van der Waals surface area contributed by atoms with Gasteiger partial charge in [-0.25, -0.2) is 0 Å².